The molecule has 0 aliphatic carbocycles. The van der Waals surface area contributed by atoms with Crippen LogP contribution < -0.4 is 4.74 Å². The lowest BCUT2D eigenvalue weighted by Crippen LogP contribution is -2.27. The molecule has 0 spiro atoms. The largest absolute Gasteiger partial charge is 0.469 e. The Labute approximate surface area is 148 Å². The number of ether oxygens (including phenoxy) is 2. The maximum atomic E-state index is 11.9. The van der Waals surface area contributed by atoms with Crippen molar-refractivity contribution in [1.82, 2.24) is 0 Å². The highest BCUT2D eigenvalue weighted by Gasteiger charge is 2.31. The maximum Gasteiger partial charge on any atom is 0.311 e. The Morgan fingerprint density at radius 3 is 2.24 bits per heavy atom. The van der Waals surface area contributed by atoms with Crippen molar-refractivity contribution in [2.75, 3.05) is 7.11 Å². The highest BCUT2D eigenvalue weighted by Crippen LogP contribution is 2.35. The molecule has 1 aromatic rings. The zero-order valence-corrected chi connectivity index (χ0v) is 15.3. The van der Waals surface area contributed by atoms with Gasteiger partial charge in [-0.2, -0.15) is 0 Å². The van der Waals surface area contributed by atoms with Crippen LogP contribution in [0.3, 0.4) is 0 Å². The predicted octanol–water partition coefficient (Wildman–Crippen LogP) is 2.77. The molecule has 25 heavy (non-hydrogen) atoms. The van der Waals surface area contributed by atoms with Gasteiger partial charge < -0.3 is 19.7 Å². The van der Waals surface area contributed by atoms with Crippen molar-refractivity contribution in [1.29, 1.82) is 0 Å². The lowest BCUT2D eigenvalue weighted by Gasteiger charge is -2.27. The summed E-state index contributed by atoms with van der Waals surface area (Å²) in [6, 6.07) is 7.17. The second-order valence-corrected chi connectivity index (χ2v) is 6.75. The molecule has 0 aliphatic heterocycles. The summed E-state index contributed by atoms with van der Waals surface area (Å²) in [5, 5.41) is 17.5. The van der Waals surface area contributed by atoms with Crippen molar-refractivity contribution in [3.05, 3.63) is 29.8 Å². The fourth-order valence-corrected chi connectivity index (χ4v) is 2.71. The number of carbonyl (C=O) groups is 2. The van der Waals surface area contributed by atoms with Gasteiger partial charge in [0.15, 0.2) is 6.29 Å². The lowest BCUT2D eigenvalue weighted by molar-refractivity contribution is -0.151. The molecule has 0 bridgehead atoms. The third kappa shape index (κ3) is 6.84. The highest BCUT2D eigenvalue weighted by atomic mass is 16.5. The van der Waals surface area contributed by atoms with Gasteiger partial charge in [0.25, 0.3) is 0 Å². The van der Waals surface area contributed by atoms with E-state index in [9.17, 15) is 9.59 Å². The lowest BCUT2D eigenvalue weighted by atomic mass is 9.79. The first kappa shape index (κ1) is 21.1. The first-order valence-corrected chi connectivity index (χ1v) is 8.44. The summed E-state index contributed by atoms with van der Waals surface area (Å²) in [6.07, 6.45) is -0.113. The van der Waals surface area contributed by atoms with Gasteiger partial charge in [-0.15, -0.1) is 0 Å². The summed E-state index contributed by atoms with van der Waals surface area (Å²) in [7, 11) is 1.39. The zero-order valence-electron chi connectivity index (χ0n) is 15.3. The number of hydrogen-bond donors (Lipinski definition) is 2. The van der Waals surface area contributed by atoms with E-state index in [2.05, 4.69) is 6.92 Å². The van der Waals surface area contributed by atoms with Gasteiger partial charge >= 0.3 is 11.9 Å². The Morgan fingerprint density at radius 2 is 1.76 bits per heavy atom. The molecule has 1 aromatic carbocycles. The first-order valence-electron chi connectivity index (χ1n) is 8.44. The molecule has 1 rings (SSSR count). The minimum absolute atomic E-state index is 0.0581. The van der Waals surface area contributed by atoms with Crippen LogP contribution in [0, 0.1) is 5.41 Å². The zero-order chi connectivity index (χ0) is 19.0. The van der Waals surface area contributed by atoms with Crippen LogP contribution >= 0.6 is 0 Å². The number of methoxy groups -OCH3 is 1. The molecule has 2 N–H and O–H groups in total. The van der Waals surface area contributed by atoms with E-state index in [4.69, 9.17) is 19.7 Å². The quantitative estimate of drug-likeness (QED) is 0.403. The van der Waals surface area contributed by atoms with Crippen molar-refractivity contribution in [2.45, 2.75) is 58.7 Å². The molecule has 0 saturated heterocycles. The molecule has 6 heteroatoms. The normalized spacial score (nSPS) is 12.8. The third-order valence-corrected chi connectivity index (χ3v) is 4.18. The van der Waals surface area contributed by atoms with Crippen LogP contribution in [0.15, 0.2) is 24.3 Å². The van der Waals surface area contributed by atoms with Gasteiger partial charge in [-0.1, -0.05) is 19.1 Å². The number of benzene rings is 1. The predicted molar refractivity (Wildman–Crippen MR) is 93.0 cm³/mol. The molecule has 6 nitrogen and oxygen atoms in total. The maximum absolute atomic E-state index is 11.9. The van der Waals surface area contributed by atoms with E-state index in [1.165, 1.54) is 7.11 Å². The topological polar surface area (TPSA) is 93.1 Å². The van der Waals surface area contributed by atoms with E-state index < -0.39 is 17.7 Å². The highest BCUT2D eigenvalue weighted by molar-refractivity contribution is 5.75. The molecule has 0 heterocycles. The number of aliphatic hydroxyl groups excluding tert-OH is 1. The Morgan fingerprint density at radius 1 is 1.16 bits per heavy atom. The van der Waals surface area contributed by atoms with E-state index in [0.29, 0.717) is 12.2 Å². The summed E-state index contributed by atoms with van der Waals surface area (Å²) >= 11 is 0. The molecule has 0 fully saturated rings. The van der Waals surface area contributed by atoms with E-state index in [-0.39, 0.29) is 24.7 Å². The summed E-state index contributed by atoms with van der Waals surface area (Å²) in [5.74, 6) is -0.158. The Bertz CT molecular complexity index is 562. The second kappa shape index (κ2) is 9.53. The van der Waals surface area contributed by atoms with Crippen molar-refractivity contribution < 1.29 is 29.3 Å². The second-order valence-electron chi connectivity index (χ2n) is 6.75. The number of esters is 2. The van der Waals surface area contributed by atoms with Crippen LogP contribution in [0.2, 0.25) is 0 Å². The van der Waals surface area contributed by atoms with Crippen LogP contribution in [0.25, 0.3) is 0 Å². The third-order valence-electron chi connectivity index (χ3n) is 4.18. The number of carbonyl (C=O) groups excluding carboxylic acids is 2. The molecule has 0 aromatic heterocycles. The minimum Gasteiger partial charge on any atom is -0.469 e. The molecule has 1 atom stereocenters. The minimum atomic E-state index is -1.52. The smallest absolute Gasteiger partial charge is 0.311 e. The van der Waals surface area contributed by atoms with Crippen LogP contribution in [-0.2, 0) is 14.3 Å². The van der Waals surface area contributed by atoms with Crippen molar-refractivity contribution in [3.63, 3.8) is 0 Å². The number of rotatable bonds is 9. The molecule has 1 unspecified atom stereocenters. The number of hydrogen-bond acceptors (Lipinski definition) is 6. The van der Waals surface area contributed by atoms with E-state index in [1.54, 1.807) is 12.1 Å². The van der Waals surface area contributed by atoms with E-state index >= 15 is 0 Å². The molecular formula is C19H28O6. The molecule has 140 valence electrons. The molecular weight excluding hydrogens is 324 g/mol. The van der Waals surface area contributed by atoms with Crippen molar-refractivity contribution >= 4 is 11.9 Å². The average molecular weight is 352 g/mol. The van der Waals surface area contributed by atoms with Gasteiger partial charge in [-0.3, -0.25) is 9.59 Å². The van der Waals surface area contributed by atoms with Gasteiger partial charge in [0, 0.05) is 6.42 Å². The van der Waals surface area contributed by atoms with Gasteiger partial charge in [-0.25, -0.2) is 0 Å². The molecule has 0 saturated carbocycles. The Balaban J connectivity index is 2.72. The van der Waals surface area contributed by atoms with E-state index in [0.717, 1.165) is 12.0 Å². The van der Waals surface area contributed by atoms with Gasteiger partial charge in [0.05, 0.1) is 18.9 Å². The van der Waals surface area contributed by atoms with Gasteiger partial charge in [-0.05, 0) is 50.3 Å². The first-order chi connectivity index (χ1) is 11.7. The van der Waals surface area contributed by atoms with Crippen molar-refractivity contribution in [2.24, 2.45) is 5.41 Å². The average Bonchev–Trinajstić information content (AvgIpc) is 2.57. The fourth-order valence-electron chi connectivity index (χ4n) is 2.71. The van der Waals surface area contributed by atoms with Gasteiger partial charge in [0.2, 0.25) is 0 Å². The standard InChI is InChI=1S/C19H28O6/c1-5-13(12-19(2,3)18(23)24-4)14-6-8-15(9-7-14)25-17(22)11-10-16(20)21/h6-9,13,16,20-21H,5,10-12H2,1-4H3. The summed E-state index contributed by atoms with van der Waals surface area (Å²) in [6.45, 7) is 5.80. The van der Waals surface area contributed by atoms with E-state index in [1.807, 2.05) is 26.0 Å². The fraction of sp³-hybridized carbons (Fsp3) is 0.579. The summed E-state index contributed by atoms with van der Waals surface area (Å²) in [5.41, 5.74) is 0.483. The Hall–Kier alpha value is -1.92. The molecule has 0 amide bonds. The Kier molecular flexibility index (Phi) is 8.06. The number of aliphatic hydroxyl groups is 2. The monoisotopic (exact) mass is 352 g/mol. The van der Waals surface area contributed by atoms with Crippen LogP contribution in [0.4, 0.5) is 0 Å². The van der Waals surface area contributed by atoms with Crippen LogP contribution in [0.1, 0.15) is 57.9 Å². The molecule has 0 aliphatic rings. The summed E-state index contributed by atoms with van der Waals surface area (Å²) < 4.78 is 10.0. The van der Waals surface area contributed by atoms with Crippen LogP contribution in [0.5, 0.6) is 5.75 Å². The van der Waals surface area contributed by atoms with Gasteiger partial charge in [0.1, 0.15) is 5.75 Å². The molecule has 0 radical (unpaired) electrons. The summed E-state index contributed by atoms with van der Waals surface area (Å²) in [4.78, 5) is 23.5. The van der Waals surface area contributed by atoms with Crippen molar-refractivity contribution in [3.8, 4) is 5.75 Å². The van der Waals surface area contributed by atoms with Crippen LogP contribution in [-0.4, -0.2) is 35.6 Å². The SMILES string of the molecule is CCC(CC(C)(C)C(=O)OC)c1ccc(OC(=O)CCC(O)O)cc1.